The van der Waals surface area contributed by atoms with E-state index in [0.717, 1.165) is 23.1 Å². The van der Waals surface area contributed by atoms with E-state index in [1.807, 2.05) is 19.9 Å². The lowest BCUT2D eigenvalue weighted by Crippen LogP contribution is -2.35. The summed E-state index contributed by atoms with van der Waals surface area (Å²) < 4.78 is 13.7. The van der Waals surface area contributed by atoms with Gasteiger partial charge in [0, 0.05) is 17.4 Å². The average Bonchev–Trinajstić information content (AvgIpc) is 3.26. The van der Waals surface area contributed by atoms with Crippen LogP contribution in [0.1, 0.15) is 11.4 Å². The molecule has 3 amide bonds. The molecule has 31 heavy (non-hydrogen) atoms. The molecular weight excluding hydrogens is 424 g/mol. The number of carbonyl (C=O) groups excluding carboxylic acids is 2. The molecule has 0 radical (unpaired) electrons. The van der Waals surface area contributed by atoms with Crippen LogP contribution in [0.25, 0.3) is 5.95 Å². The third-order valence-electron chi connectivity index (χ3n) is 4.23. The van der Waals surface area contributed by atoms with Gasteiger partial charge in [0.1, 0.15) is 13.2 Å². The van der Waals surface area contributed by atoms with E-state index < -0.39 is 11.9 Å². The highest BCUT2D eigenvalue weighted by Gasteiger charge is 2.17. The number of hydrogen-bond donors (Lipinski definition) is 3. The van der Waals surface area contributed by atoms with E-state index in [9.17, 15) is 9.59 Å². The van der Waals surface area contributed by atoms with Gasteiger partial charge in [0.15, 0.2) is 11.5 Å². The number of nitrogens with zero attached hydrogens (tertiary/aromatic N) is 5. The fraction of sp³-hybridized carbons (Fsp3) is 0.278. The molecule has 13 heteroatoms. The van der Waals surface area contributed by atoms with E-state index in [1.54, 1.807) is 22.9 Å². The second-order valence-corrected chi connectivity index (χ2v) is 7.58. The van der Waals surface area contributed by atoms with Crippen molar-refractivity contribution in [1.29, 1.82) is 0 Å². The third-order valence-corrected chi connectivity index (χ3v) is 5.17. The molecule has 0 saturated carbocycles. The van der Waals surface area contributed by atoms with Crippen molar-refractivity contribution in [2.75, 3.05) is 30.1 Å². The van der Waals surface area contributed by atoms with Crippen molar-refractivity contribution in [2.24, 2.45) is 0 Å². The standard InChI is InChI=1S/C18H20N8O4S/c1-10-7-11(2)26(24-10)17-22-23-18(25(17)19)31-9-15(27)21-16(28)20-12-3-4-13-14(8-12)30-6-5-29-13/h3-4,7-8H,5-6,9,19H2,1-2H3,(H2,20,21,27,28). The average molecular weight is 444 g/mol. The van der Waals surface area contributed by atoms with Gasteiger partial charge in [0.25, 0.3) is 5.95 Å². The van der Waals surface area contributed by atoms with Crippen LogP contribution >= 0.6 is 11.8 Å². The number of hydrogen-bond acceptors (Lipinski definition) is 9. The Morgan fingerprint density at radius 3 is 2.68 bits per heavy atom. The number of amides is 3. The van der Waals surface area contributed by atoms with Crippen LogP contribution in [-0.2, 0) is 4.79 Å². The summed E-state index contributed by atoms with van der Waals surface area (Å²) in [4.78, 5) is 24.2. The van der Waals surface area contributed by atoms with Gasteiger partial charge in [-0.2, -0.15) is 5.10 Å². The molecule has 0 unspecified atom stereocenters. The van der Waals surface area contributed by atoms with Crippen LogP contribution in [0.3, 0.4) is 0 Å². The Morgan fingerprint density at radius 1 is 1.16 bits per heavy atom. The SMILES string of the molecule is Cc1cc(C)n(-c2nnc(SCC(=O)NC(=O)Nc3ccc4c(c3)OCCO4)n2N)n1. The topological polar surface area (TPSA) is 151 Å². The van der Waals surface area contributed by atoms with E-state index in [1.165, 1.54) is 4.68 Å². The van der Waals surface area contributed by atoms with Gasteiger partial charge in [-0.25, -0.2) is 14.2 Å². The number of aromatic nitrogens is 5. The number of nitrogens with one attached hydrogen (secondary N) is 2. The fourth-order valence-corrected chi connectivity index (χ4v) is 3.57. The fourth-order valence-electron chi connectivity index (χ4n) is 2.92. The normalized spacial score (nSPS) is 12.5. The molecule has 1 aromatic carbocycles. The number of ether oxygens (including phenoxy) is 2. The van der Waals surface area contributed by atoms with Crippen molar-refractivity contribution < 1.29 is 19.1 Å². The first kappa shape index (κ1) is 20.5. The van der Waals surface area contributed by atoms with Crippen molar-refractivity contribution in [1.82, 2.24) is 30.0 Å². The predicted molar refractivity (Wildman–Crippen MR) is 112 cm³/mol. The van der Waals surface area contributed by atoms with Crippen molar-refractivity contribution in [3.05, 3.63) is 35.7 Å². The lowest BCUT2D eigenvalue weighted by molar-refractivity contribution is -0.117. The van der Waals surface area contributed by atoms with Gasteiger partial charge in [-0.1, -0.05) is 11.8 Å². The largest absolute Gasteiger partial charge is 0.486 e. The van der Waals surface area contributed by atoms with Crippen LogP contribution in [-0.4, -0.2) is 55.6 Å². The first-order valence-electron chi connectivity index (χ1n) is 9.28. The summed E-state index contributed by atoms with van der Waals surface area (Å²) in [6.07, 6.45) is 0. The molecule has 3 aromatic rings. The Kier molecular flexibility index (Phi) is 5.66. The van der Waals surface area contributed by atoms with Crippen molar-refractivity contribution in [3.63, 3.8) is 0 Å². The minimum Gasteiger partial charge on any atom is -0.486 e. The minimum absolute atomic E-state index is 0.0823. The zero-order valence-electron chi connectivity index (χ0n) is 16.8. The van der Waals surface area contributed by atoms with Crippen LogP contribution in [0, 0.1) is 13.8 Å². The molecule has 0 fully saturated rings. The number of rotatable bonds is 5. The Hall–Kier alpha value is -3.74. The monoisotopic (exact) mass is 444 g/mol. The number of nitrogens with two attached hydrogens (primary N) is 1. The Balaban J connectivity index is 1.31. The lowest BCUT2D eigenvalue weighted by atomic mass is 10.2. The molecule has 0 atom stereocenters. The summed E-state index contributed by atoms with van der Waals surface area (Å²) in [7, 11) is 0. The highest BCUT2D eigenvalue weighted by atomic mass is 32.2. The van der Waals surface area contributed by atoms with Gasteiger partial charge in [-0.05, 0) is 32.0 Å². The number of fused-ring (bicyclic) bond motifs is 1. The van der Waals surface area contributed by atoms with Crippen molar-refractivity contribution >= 4 is 29.4 Å². The van der Waals surface area contributed by atoms with Gasteiger partial charge in [-0.3, -0.25) is 10.1 Å². The lowest BCUT2D eigenvalue weighted by Gasteiger charge is -2.19. The number of imide groups is 1. The molecule has 4 rings (SSSR count). The van der Waals surface area contributed by atoms with Gasteiger partial charge in [0.05, 0.1) is 11.4 Å². The highest BCUT2D eigenvalue weighted by molar-refractivity contribution is 7.99. The predicted octanol–water partition coefficient (Wildman–Crippen LogP) is 1.01. The molecule has 3 heterocycles. The summed E-state index contributed by atoms with van der Waals surface area (Å²) >= 11 is 1.04. The molecule has 4 N–H and O–H groups in total. The number of carbonyl (C=O) groups is 2. The number of aryl methyl sites for hydroxylation is 2. The second-order valence-electron chi connectivity index (χ2n) is 6.64. The first-order chi connectivity index (χ1) is 14.9. The molecule has 0 saturated heterocycles. The van der Waals surface area contributed by atoms with E-state index in [-0.39, 0.29) is 5.75 Å². The smallest absolute Gasteiger partial charge is 0.325 e. The summed E-state index contributed by atoms with van der Waals surface area (Å²) in [5.41, 5.74) is 2.14. The zero-order valence-corrected chi connectivity index (χ0v) is 17.6. The van der Waals surface area contributed by atoms with Crippen LogP contribution in [0.15, 0.2) is 29.4 Å². The maximum Gasteiger partial charge on any atom is 0.325 e. The number of benzene rings is 1. The molecule has 2 aromatic heterocycles. The molecule has 162 valence electrons. The van der Waals surface area contributed by atoms with Gasteiger partial charge in [-0.15, -0.1) is 10.2 Å². The second kappa shape index (κ2) is 8.55. The van der Waals surface area contributed by atoms with Crippen LogP contribution in [0.2, 0.25) is 0 Å². The highest BCUT2D eigenvalue weighted by Crippen LogP contribution is 2.32. The maximum absolute atomic E-state index is 12.1. The molecule has 1 aliphatic rings. The molecule has 12 nitrogen and oxygen atoms in total. The van der Waals surface area contributed by atoms with E-state index in [0.29, 0.717) is 41.5 Å². The maximum atomic E-state index is 12.1. The van der Waals surface area contributed by atoms with E-state index in [2.05, 4.69) is 25.9 Å². The molecule has 0 spiro atoms. The number of anilines is 1. The summed E-state index contributed by atoms with van der Waals surface area (Å²) in [5.74, 6) is 6.90. The van der Waals surface area contributed by atoms with Gasteiger partial charge >= 0.3 is 6.03 Å². The van der Waals surface area contributed by atoms with E-state index >= 15 is 0 Å². The van der Waals surface area contributed by atoms with E-state index in [4.69, 9.17) is 15.3 Å². The Morgan fingerprint density at radius 2 is 1.94 bits per heavy atom. The van der Waals surface area contributed by atoms with Crippen molar-refractivity contribution in [2.45, 2.75) is 19.0 Å². The first-order valence-corrected chi connectivity index (χ1v) is 10.3. The Bertz CT molecular complexity index is 1140. The zero-order chi connectivity index (χ0) is 22.0. The summed E-state index contributed by atoms with van der Waals surface area (Å²) in [6.45, 7) is 4.64. The van der Waals surface area contributed by atoms with Crippen LogP contribution in [0.4, 0.5) is 10.5 Å². The number of nitrogen functional groups attached to an aromatic ring is 1. The Labute approximate surface area is 181 Å². The van der Waals surface area contributed by atoms with Crippen LogP contribution in [0.5, 0.6) is 11.5 Å². The number of urea groups is 1. The van der Waals surface area contributed by atoms with Crippen LogP contribution < -0.4 is 25.9 Å². The molecular formula is C18H20N8O4S. The van der Waals surface area contributed by atoms with Crippen molar-refractivity contribution in [3.8, 4) is 17.4 Å². The van der Waals surface area contributed by atoms with Gasteiger partial charge in [0.2, 0.25) is 11.1 Å². The molecule has 0 aliphatic carbocycles. The number of thioether (sulfide) groups is 1. The molecule has 0 bridgehead atoms. The quantitative estimate of drug-likeness (QED) is 0.387. The minimum atomic E-state index is -0.667. The van der Waals surface area contributed by atoms with Gasteiger partial charge < -0.3 is 20.6 Å². The summed E-state index contributed by atoms with van der Waals surface area (Å²) in [5, 5.41) is 17.5. The third kappa shape index (κ3) is 4.55. The summed E-state index contributed by atoms with van der Waals surface area (Å²) in [6, 6.07) is 6.19. The molecule has 1 aliphatic heterocycles.